The average molecular weight is 453 g/mol. The number of aliphatic hydroxyl groups excluding tert-OH is 1. The molecule has 2 aliphatic rings. The lowest BCUT2D eigenvalue weighted by Crippen LogP contribution is -2.42. The van der Waals surface area contributed by atoms with Crippen molar-refractivity contribution in [3.63, 3.8) is 0 Å². The number of ether oxygens (including phenoxy) is 2. The monoisotopic (exact) mass is 452 g/mol. The number of amides is 1. The van der Waals surface area contributed by atoms with Crippen molar-refractivity contribution in [3.05, 3.63) is 58.7 Å². The molecule has 33 heavy (non-hydrogen) atoms. The number of ketones is 1. The van der Waals surface area contributed by atoms with Gasteiger partial charge in [-0.3, -0.25) is 14.5 Å². The van der Waals surface area contributed by atoms with Gasteiger partial charge in [0.15, 0.2) is 0 Å². The summed E-state index contributed by atoms with van der Waals surface area (Å²) < 4.78 is 10.8. The van der Waals surface area contributed by atoms with Crippen molar-refractivity contribution in [3.8, 4) is 5.75 Å². The number of methoxy groups -OCH3 is 1. The van der Waals surface area contributed by atoms with Crippen LogP contribution in [0.1, 0.15) is 28.7 Å². The zero-order valence-electron chi connectivity index (χ0n) is 19.1. The van der Waals surface area contributed by atoms with Crippen molar-refractivity contribution in [2.45, 2.75) is 19.9 Å². The fraction of sp³-hybridized carbons (Fsp3) is 0.417. The maximum absolute atomic E-state index is 13.2. The smallest absolute Gasteiger partial charge is 0.295 e. The number of nitrogens with zero attached hydrogens (tertiary/aromatic N) is 4. The number of carbonyl (C=O) groups is 2. The molecule has 1 N–H and O–H groups in total. The summed E-state index contributed by atoms with van der Waals surface area (Å²) in [6.45, 7) is 7.25. The fourth-order valence-electron chi connectivity index (χ4n) is 4.30. The minimum absolute atomic E-state index is 0.0331. The third-order valence-corrected chi connectivity index (χ3v) is 6.07. The molecule has 2 fully saturated rings. The summed E-state index contributed by atoms with van der Waals surface area (Å²) in [4.78, 5) is 38.5. The first kappa shape index (κ1) is 22.9. The normalized spacial score (nSPS) is 20.9. The molecule has 0 bridgehead atoms. The van der Waals surface area contributed by atoms with Crippen LogP contribution < -0.4 is 4.74 Å². The third-order valence-electron chi connectivity index (χ3n) is 6.07. The van der Waals surface area contributed by atoms with Crippen LogP contribution in [0.25, 0.3) is 5.76 Å². The Kier molecular flexibility index (Phi) is 6.71. The Labute approximate surface area is 192 Å². The van der Waals surface area contributed by atoms with Gasteiger partial charge in [0.2, 0.25) is 0 Å². The van der Waals surface area contributed by atoms with Gasteiger partial charge in [0.25, 0.3) is 11.7 Å². The molecule has 9 heteroatoms. The number of hydrogen-bond donors (Lipinski definition) is 1. The Morgan fingerprint density at radius 3 is 2.67 bits per heavy atom. The molecule has 3 heterocycles. The number of rotatable bonds is 6. The molecule has 0 spiro atoms. The lowest BCUT2D eigenvalue weighted by molar-refractivity contribution is -0.140. The van der Waals surface area contributed by atoms with E-state index in [1.165, 1.54) is 11.1 Å². The van der Waals surface area contributed by atoms with Crippen LogP contribution in [-0.4, -0.2) is 83.1 Å². The summed E-state index contributed by atoms with van der Waals surface area (Å²) in [7, 11) is 1.56. The molecule has 2 saturated heterocycles. The van der Waals surface area contributed by atoms with E-state index in [-0.39, 0.29) is 11.3 Å². The molecular formula is C24H28N4O5. The first-order chi connectivity index (χ1) is 15.9. The first-order valence-corrected chi connectivity index (χ1v) is 10.9. The van der Waals surface area contributed by atoms with E-state index in [1.54, 1.807) is 39.2 Å². The van der Waals surface area contributed by atoms with Gasteiger partial charge in [-0.2, -0.15) is 0 Å². The molecule has 1 aromatic carbocycles. The van der Waals surface area contributed by atoms with Crippen molar-refractivity contribution < 1.29 is 24.2 Å². The van der Waals surface area contributed by atoms with Crippen molar-refractivity contribution in [2.75, 3.05) is 46.5 Å². The number of Topliss-reactive ketones (excluding diaryl/α,β-unsaturated/α-hetero) is 1. The van der Waals surface area contributed by atoms with E-state index in [2.05, 4.69) is 14.9 Å². The van der Waals surface area contributed by atoms with Gasteiger partial charge >= 0.3 is 0 Å². The molecule has 0 radical (unpaired) electrons. The highest BCUT2D eigenvalue weighted by Crippen LogP contribution is 2.40. The minimum Gasteiger partial charge on any atom is -0.507 e. The molecule has 9 nitrogen and oxygen atoms in total. The lowest BCUT2D eigenvalue weighted by atomic mass is 9.95. The van der Waals surface area contributed by atoms with Crippen molar-refractivity contribution in [2.24, 2.45) is 0 Å². The van der Waals surface area contributed by atoms with E-state index in [1.807, 2.05) is 6.07 Å². The Morgan fingerprint density at radius 1 is 1.21 bits per heavy atom. The van der Waals surface area contributed by atoms with E-state index in [9.17, 15) is 14.7 Å². The number of aliphatic hydroxyl groups is 1. The van der Waals surface area contributed by atoms with Crippen LogP contribution >= 0.6 is 0 Å². The highest BCUT2D eigenvalue weighted by atomic mass is 16.5. The van der Waals surface area contributed by atoms with Crippen LogP contribution in [0.4, 0.5) is 0 Å². The average Bonchev–Trinajstić information content (AvgIpc) is 3.08. The molecular weight excluding hydrogens is 424 g/mol. The van der Waals surface area contributed by atoms with E-state index in [0.29, 0.717) is 54.7 Å². The molecule has 1 aromatic heterocycles. The summed E-state index contributed by atoms with van der Waals surface area (Å²) >= 11 is 0. The van der Waals surface area contributed by atoms with Gasteiger partial charge in [-0.25, -0.2) is 9.97 Å². The summed E-state index contributed by atoms with van der Waals surface area (Å²) in [5, 5.41) is 11.2. The van der Waals surface area contributed by atoms with E-state index in [0.717, 1.165) is 13.1 Å². The Morgan fingerprint density at radius 2 is 1.97 bits per heavy atom. The highest BCUT2D eigenvalue weighted by molar-refractivity contribution is 6.46. The molecule has 174 valence electrons. The number of benzene rings is 1. The number of morpholine rings is 1. The highest BCUT2D eigenvalue weighted by Gasteiger charge is 2.46. The van der Waals surface area contributed by atoms with Gasteiger partial charge in [0, 0.05) is 32.4 Å². The number of hydrogen-bond acceptors (Lipinski definition) is 8. The fourth-order valence-corrected chi connectivity index (χ4v) is 4.30. The van der Waals surface area contributed by atoms with Crippen molar-refractivity contribution >= 4 is 17.4 Å². The van der Waals surface area contributed by atoms with Crippen LogP contribution in [0.2, 0.25) is 0 Å². The largest absolute Gasteiger partial charge is 0.507 e. The molecule has 1 atom stereocenters. The van der Waals surface area contributed by atoms with Crippen LogP contribution in [0.15, 0.2) is 36.0 Å². The van der Waals surface area contributed by atoms with Gasteiger partial charge in [0.1, 0.15) is 17.3 Å². The lowest BCUT2D eigenvalue weighted by Gasteiger charge is -2.31. The number of aryl methyl sites for hydroxylation is 2. The second-order valence-electron chi connectivity index (χ2n) is 8.14. The number of aromatic nitrogens is 2. The van der Waals surface area contributed by atoms with Crippen molar-refractivity contribution in [1.29, 1.82) is 0 Å². The van der Waals surface area contributed by atoms with Crippen LogP contribution in [0, 0.1) is 13.8 Å². The molecule has 0 aliphatic carbocycles. The van der Waals surface area contributed by atoms with Crippen LogP contribution in [0.5, 0.6) is 5.75 Å². The quantitative estimate of drug-likeness (QED) is 0.402. The summed E-state index contributed by atoms with van der Waals surface area (Å²) in [6, 6.07) is 6.45. The van der Waals surface area contributed by atoms with Gasteiger partial charge in [-0.15, -0.1) is 0 Å². The Bertz CT molecular complexity index is 1090. The molecule has 0 unspecified atom stereocenters. The standard InChI is InChI=1S/C24H28N4O5/c1-15-19(14-25-16(2)26-15)22(29)20-21(17-5-4-6-18(13-17)32-3)28(24(31)23(20)30)8-7-27-9-11-33-12-10-27/h4-6,13-14,21,29H,7-12H2,1-3H3/b22-20+/t21-/m1/s1. The van der Waals surface area contributed by atoms with Gasteiger partial charge in [0.05, 0.1) is 43.2 Å². The zero-order valence-corrected chi connectivity index (χ0v) is 19.1. The number of carbonyl (C=O) groups excluding carboxylic acids is 2. The Balaban J connectivity index is 1.77. The topological polar surface area (TPSA) is 105 Å². The summed E-state index contributed by atoms with van der Waals surface area (Å²) in [5.41, 5.74) is 1.58. The van der Waals surface area contributed by atoms with Crippen LogP contribution in [0.3, 0.4) is 0 Å². The SMILES string of the molecule is COc1cccc([C@@H]2/C(=C(\O)c3cnc(C)nc3C)C(=O)C(=O)N2CCN2CCOCC2)c1. The van der Waals surface area contributed by atoms with E-state index >= 15 is 0 Å². The first-order valence-electron chi connectivity index (χ1n) is 10.9. The zero-order chi connectivity index (χ0) is 23.5. The van der Waals surface area contributed by atoms with Crippen molar-refractivity contribution in [1.82, 2.24) is 19.8 Å². The Hall–Kier alpha value is -3.30. The third kappa shape index (κ3) is 4.60. The second kappa shape index (κ2) is 9.68. The molecule has 2 aliphatic heterocycles. The van der Waals surface area contributed by atoms with Gasteiger partial charge in [-0.1, -0.05) is 12.1 Å². The predicted molar refractivity (Wildman–Crippen MR) is 121 cm³/mol. The number of likely N-dealkylation sites (tertiary alicyclic amines) is 1. The maximum atomic E-state index is 13.2. The maximum Gasteiger partial charge on any atom is 0.295 e. The van der Waals surface area contributed by atoms with E-state index in [4.69, 9.17) is 9.47 Å². The molecule has 1 amide bonds. The second-order valence-corrected chi connectivity index (χ2v) is 8.14. The van der Waals surface area contributed by atoms with Crippen LogP contribution in [-0.2, 0) is 14.3 Å². The molecule has 0 saturated carbocycles. The van der Waals surface area contributed by atoms with Gasteiger partial charge < -0.3 is 19.5 Å². The molecule has 4 rings (SSSR count). The van der Waals surface area contributed by atoms with E-state index < -0.39 is 17.7 Å². The van der Waals surface area contributed by atoms with Gasteiger partial charge in [-0.05, 0) is 31.5 Å². The summed E-state index contributed by atoms with van der Waals surface area (Å²) in [6.07, 6.45) is 1.48. The molecule has 2 aromatic rings. The predicted octanol–water partition coefficient (Wildman–Crippen LogP) is 1.86. The minimum atomic E-state index is -0.748. The summed E-state index contributed by atoms with van der Waals surface area (Å²) in [5.74, 6) is -0.474.